The molecule has 1 N–H and O–H groups in total. The Labute approximate surface area is 140 Å². The van der Waals surface area contributed by atoms with Gasteiger partial charge in [0, 0.05) is 35.6 Å². The summed E-state index contributed by atoms with van der Waals surface area (Å²) in [6, 6.07) is 0. The van der Waals surface area contributed by atoms with Crippen LogP contribution in [0.5, 0.6) is 0 Å². The highest BCUT2D eigenvalue weighted by Crippen LogP contribution is 2.35. The fourth-order valence-corrected chi connectivity index (χ4v) is 4.96. The molecule has 122 valence electrons. The molecule has 1 amide bonds. The third-order valence-corrected chi connectivity index (χ3v) is 6.07. The highest BCUT2D eigenvalue weighted by molar-refractivity contribution is 7.11. The lowest BCUT2D eigenvalue weighted by Crippen LogP contribution is -2.33. The van der Waals surface area contributed by atoms with Crippen molar-refractivity contribution in [1.82, 2.24) is 20.1 Å². The van der Waals surface area contributed by atoms with Crippen LogP contribution in [0.1, 0.15) is 62.5 Å². The average molecular weight is 330 g/mol. The molecule has 4 rings (SSSR count). The predicted molar refractivity (Wildman–Crippen MR) is 90.1 cm³/mol. The van der Waals surface area contributed by atoms with Crippen molar-refractivity contribution in [2.45, 2.75) is 51.4 Å². The zero-order valence-electron chi connectivity index (χ0n) is 13.7. The summed E-state index contributed by atoms with van der Waals surface area (Å²) >= 11 is 1.81. The standard InChI is InChI=1S/C17H22N4OS/c1-10-18-15-11(5-3-8-14(15)23-10)9-21(2)17(22)16-12-6-4-7-13(12)19-20-16/h11H,3-9H2,1-2H3,(H,19,20). The first-order valence-electron chi connectivity index (χ1n) is 8.41. The number of aromatic nitrogens is 3. The molecular weight excluding hydrogens is 308 g/mol. The van der Waals surface area contributed by atoms with Crippen LogP contribution >= 0.6 is 11.3 Å². The van der Waals surface area contributed by atoms with Crippen LogP contribution in [0.4, 0.5) is 0 Å². The Morgan fingerprint density at radius 1 is 1.35 bits per heavy atom. The van der Waals surface area contributed by atoms with E-state index in [1.54, 1.807) is 0 Å². The molecule has 0 saturated heterocycles. The van der Waals surface area contributed by atoms with E-state index in [2.05, 4.69) is 17.1 Å². The molecule has 0 spiro atoms. The normalized spacial score (nSPS) is 19.5. The fraction of sp³-hybridized carbons (Fsp3) is 0.588. The number of carbonyl (C=O) groups is 1. The summed E-state index contributed by atoms with van der Waals surface area (Å²) < 4.78 is 0. The molecule has 1 unspecified atom stereocenters. The van der Waals surface area contributed by atoms with Crippen LogP contribution in [0.25, 0.3) is 0 Å². The zero-order valence-corrected chi connectivity index (χ0v) is 14.5. The predicted octanol–water partition coefficient (Wildman–Crippen LogP) is 2.86. The van der Waals surface area contributed by atoms with Crippen LogP contribution in [0, 0.1) is 6.92 Å². The number of fused-ring (bicyclic) bond motifs is 2. The van der Waals surface area contributed by atoms with Crippen molar-refractivity contribution in [2.75, 3.05) is 13.6 Å². The molecule has 0 radical (unpaired) electrons. The molecule has 6 heteroatoms. The van der Waals surface area contributed by atoms with Gasteiger partial charge in [-0.15, -0.1) is 11.3 Å². The SMILES string of the molecule is Cc1nc2c(s1)CCCC2CN(C)C(=O)c1n[nH]c2c1CCC2. The van der Waals surface area contributed by atoms with Crippen LogP contribution in [0.15, 0.2) is 0 Å². The van der Waals surface area contributed by atoms with Crippen molar-refractivity contribution in [1.29, 1.82) is 0 Å². The first kappa shape index (κ1) is 14.9. The topological polar surface area (TPSA) is 61.9 Å². The van der Waals surface area contributed by atoms with Gasteiger partial charge in [-0.1, -0.05) is 0 Å². The summed E-state index contributed by atoms with van der Waals surface area (Å²) in [5.74, 6) is 0.410. The first-order valence-corrected chi connectivity index (χ1v) is 9.23. The maximum Gasteiger partial charge on any atom is 0.274 e. The number of likely N-dealkylation sites (N-methyl/N-ethyl adjacent to an activating group) is 1. The van der Waals surface area contributed by atoms with Crippen molar-refractivity contribution in [3.8, 4) is 0 Å². The van der Waals surface area contributed by atoms with Crippen LogP contribution in [0.2, 0.25) is 0 Å². The number of carbonyl (C=O) groups excluding carboxylic acids is 1. The van der Waals surface area contributed by atoms with E-state index < -0.39 is 0 Å². The van der Waals surface area contributed by atoms with E-state index in [1.807, 2.05) is 23.3 Å². The number of hydrogen-bond acceptors (Lipinski definition) is 4. The van der Waals surface area contributed by atoms with E-state index in [4.69, 9.17) is 4.98 Å². The maximum absolute atomic E-state index is 12.8. The van der Waals surface area contributed by atoms with Gasteiger partial charge in [0.05, 0.1) is 10.7 Å². The molecular formula is C17H22N4OS. The van der Waals surface area contributed by atoms with E-state index in [0.29, 0.717) is 11.6 Å². The third kappa shape index (κ3) is 2.59. The zero-order chi connectivity index (χ0) is 16.0. The fourth-order valence-electron chi connectivity index (χ4n) is 3.90. The van der Waals surface area contributed by atoms with Crippen LogP contribution in [-0.2, 0) is 19.3 Å². The van der Waals surface area contributed by atoms with Gasteiger partial charge >= 0.3 is 0 Å². The number of nitrogens with one attached hydrogen (secondary N) is 1. The smallest absolute Gasteiger partial charge is 0.274 e. The molecule has 0 fully saturated rings. The molecule has 2 aromatic rings. The van der Waals surface area contributed by atoms with Crippen molar-refractivity contribution in [2.24, 2.45) is 0 Å². The molecule has 0 bridgehead atoms. The van der Waals surface area contributed by atoms with E-state index in [1.165, 1.54) is 17.0 Å². The van der Waals surface area contributed by atoms with Gasteiger partial charge in [-0.3, -0.25) is 9.89 Å². The minimum atomic E-state index is 0.0449. The summed E-state index contributed by atoms with van der Waals surface area (Å²) in [6.07, 6.45) is 6.56. The molecule has 0 saturated carbocycles. The van der Waals surface area contributed by atoms with Gasteiger partial charge < -0.3 is 4.90 Å². The van der Waals surface area contributed by atoms with Crippen molar-refractivity contribution in [3.05, 3.63) is 32.5 Å². The number of rotatable bonds is 3. The first-order chi connectivity index (χ1) is 11.1. The van der Waals surface area contributed by atoms with Crippen molar-refractivity contribution in [3.63, 3.8) is 0 Å². The molecule has 1 atom stereocenters. The second-order valence-corrected chi connectivity index (χ2v) is 7.99. The van der Waals surface area contributed by atoms with Gasteiger partial charge in [0.2, 0.25) is 0 Å². The Kier molecular flexibility index (Phi) is 3.71. The number of thiazole rings is 1. The van der Waals surface area contributed by atoms with Gasteiger partial charge in [-0.25, -0.2) is 4.98 Å². The molecule has 5 nitrogen and oxygen atoms in total. The molecule has 2 aliphatic carbocycles. The van der Waals surface area contributed by atoms with Gasteiger partial charge in [-0.2, -0.15) is 5.10 Å². The highest BCUT2D eigenvalue weighted by atomic mass is 32.1. The number of H-pyrrole nitrogens is 1. The summed E-state index contributed by atoms with van der Waals surface area (Å²) in [6.45, 7) is 2.80. The van der Waals surface area contributed by atoms with Gasteiger partial charge in [-0.05, 0) is 45.4 Å². The van der Waals surface area contributed by atoms with E-state index in [0.717, 1.165) is 54.9 Å². The summed E-state index contributed by atoms with van der Waals surface area (Å²) in [5, 5.41) is 8.45. The molecule has 0 aliphatic heterocycles. The minimum absolute atomic E-state index is 0.0449. The highest BCUT2D eigenvalue weighted by Gasteiger charge is 2.29. The van der Waals surface area contributed by atoms with Crippen LogP contribution < -0.4 is 0 Å². The van der Waals surface area contributed by atoms with Gasteiger partial charge in [0.25, 0.3) is 5.91 Å². The van der Waals surface area contributed by atoms with Crippen LogP contribution in [0.3, 0.4) is 0 Å². The van der Waals surface area contributed by atoms with Crippen LogP contribution in [-0.4, -0.2) is 39.6 Å². The quantitative estimate of drug-likeness (QED) is 0.941. The molecule has 0 aromatic carbocycles. The third-order valence-electron chi connectivity index (χ3n) is 5.03. The molecule has 2 heterocycles. The lowest BCUT2D eigenvalue weighted by Gasteiger charge is -2.26. The Morgan fingerprint density at radius 3 is 3.09 bits per heavy atom. The van der Waals surface area contributed by atoms with E-state index in [-0.39, 0.29) is 5.91 Å². The number of aromatic amines is 1. The number of hydrogen-bond donors (Lipinski definition) is 1. The Bertz CT molecular complexity index is 748. The molecule has 2 aliphatic rings. The number of nitrogens with zero attached hydrogens (tertiary/aromatic N) is 3. The summed E-state index contributed by atoms with van der Waals surface area (Å²) in [4.78, 5) is 20.8. The lowest BCUT2D eigenvalue weighted by atomic mass is 9.90. The van der Waals surface area contributed by atoms with Crippen molar-refractivity contribution < 1.29 is 4.79 Å². The summed E-state index contributed by atoms with van der Waals surface area (Å²) in [7, 11) is 1.89. The second-order valence-electron chi connectivity index (χ2n) is 6.70. The Hall–Kier alpha value is -1.69. The van der Waals surface area contributed by atoms with Gasteiger partial charge in [0.1, 0.15) is 0 Å². The minimum Gasteiger partial charge on any atom is -0.340 e. The Balaban J connectivity index is 1.52. The molecule has 23 heavy (non-hydrogen) atoms. The average Bonchev–Trinajstić information content (AvgIpc) is 3.20. The molecule has 2 aromatic heterocycles. The monoisotopic (exact) mass is 330 g/mol. The van der Waals surface area contributed by atoms with E-state index >= 15 is 0 Å². The number of aryl methyl sites for hydroxylation is 3. The van der Waals surface area contributed by atoms with E-state index in [9.17, 15) is 4.79 Å². The Morgan fingerprint density at radius 2 is 2.22 bits per heavy atom. The largest absolute Gasteiger partial charge is 0.340 e. The second kappa shape index (κ2) is 5.74. The van der Waals surface area contributed by atoms with Gasteiger partial charge in [0.15, 0.2) is 5.69 Å². The number of amides is 1. The maximum atomic E-state index is 12.8. The lowest BCUT2D eigenvalue weighted by molar-refractivity contribution is 0.0776. The van der Waals surface area contributed by atoms with Crippen molar-refractivity contribution >= 4 is 17.2 Å². The summed E-state index contributed by atoms with van der Waals surface area (Å²) in [5.41, 5.74) is 4.14.